The normalized spacial score (nSPS) is 30.8. The summed E-state index contributed by atoms with van der Waals surface area (Å²) >= 11 is 0. The van der Waals surface area contributed by atoms with Crippen molar-refractivity contribution in [2.75, 3.05) is 19.5 Å². The van der Waals surface area contributed by atoms with Crippen LogP contribution in [-0.4, -0.2) is 66.3 Å². The predicted octanol–water partition coefficient (Wildman–Crippen LogP) is -2.51. The second-order valence-corrected chi connectivity index (χ2v) is 6.16. The van der Waals surface area contributed by atoms with Crippen molar-refractivity contribution in [3.05, 3.63) is 16.7 Å². The van der Waals surface area contributed by atoms with E-state index in [9.17, 15) is 15.0 Å². The van der Waals surface area contributed by atoms with Crippen LogP contribution in [0.5, 0.6) is 0 Å². The number of rotatable bonds is 5. The number of nitrogen functional groups attached to an aromatic ring is 1. The average molecular weight is 376 g/mol. The second-order valence-electron chi connectivity index (χ2n) is 5.30. The number of aliphatic hydroxyl groups is 2. The smallest absolute Gasteiger partial charge is 0.280 e. The van der Waals surface area contributed by atoms with Crippen molar-refractivity contribution in [1.29, 1.82) is 0 Å². The molecule has 2 aromatic heterocycles. The fourth-order valence-corrected chi connectivity index (χ4v) is 2.93. The van der Waals surface area contributed by atoms with Crippen LogP contribution >= 0.6 is 8.53 Å². The lowest BCUT2D eigenvalue weighted by Crippen LogP contribution is -2.48. The highest BCUT2D eigenvalue weighted by Crippen LogP contribution is 2.40. The highest BCUT2D eigenvalue weighted by molar-refractivity contribution is 7.43. The number of nitrogens with zero attached hydrogens (tertiary/aromatic N) is 3. The Morgan fingerprint density at radius 2 is 2.32 bits per heavy atom. The van der Waals surface area contributed by atoms with Crippen LogP contribution in [0.1, 0.15) is 6.23 Å². The van der Waals surface area contributed by atoms with Crippen LogP contribution in [0.25, 0.3) is 11.2 Å². The van der Waals surface area contributed by atoms with Gasteiger partial charge in [-0.15, -0.1) is 0 Å². The van der Waals surface area contributed by atoms with Crippen LogP contribution in [0.3, 0.4) is 0 Å². The van der Waals surface area contributed by atoms with Gasteiger partial charge in [0, 0.05) is 7.11 Å². The third kappa shape index (κ3) is 3.01. The number of aromatic nitrogens is 4. The third-order valence-electron chi connectivity index (χ3n) is 3.83. The molecule has 0 bridgehead atoms. The minimum absolute atomic E-state index is 0.0266. The van der Waals surface area contributed by atoms with E-state index in [2.05, 4.69) is 15.0 Å². The zero-order chi connectivity index (χ0) is 18.4. The van der Waals surface area contributed by atoms with Gasteiger partial charge in [-0.3, -0.25) is 19.8 Å². The number of nitrogens with two attached hydrogens (primary N) is 2. The van der Waals surface area contributed by atoms with Gasteiger partial charge in [0.15, 0.2) is 17.4 Å². The highest BCUT2D eigenvalue weighted by Gasteiger charge is 2.57. The Hall–Kier alpha value is -1.70. The molecule has 5 atom stereocenters. The average Bonchev–Trinajstić information content (AvgIpc) is 3.06. The number of aliphatic hydroxyl groups excluding tert-OH is 1. The summed E-state index contributed by atoms with van der Waals surface area (Å²) in [6.07, 6.45) is -2.75. The fourth-order valence-electron chi connectivity index (χ4n) is 2.63. The molecule has 3 heterocycles. The molecule has 14 heteroatoms. The summed E-state index contributed by atoms with van der Waals surface area (Å²) < 4.78 is 16.7. The summed E-state index contributed by atoms with van der Waals surface area (Å²) in [5, 5.41) is 21.0. The van der Waals surface area contributed by atoms with Crippen LogP contribution in [0.4, 0.5) is 5.95 Å². The van der Waals surface area contributed by atoms with Crippen LogP contribution in [0.15, 0.2) is 11.1 Å². The molecule has 2 aromatic rings. The number of aromatic amines is 1. The van der Waals surface area contributed by atoms with E-state index in [1.54, 1.807) is 0 Å². The maximum atomic E-state index is 11.9. The number of fused-ring (bicyclic) bond motifs is 1. The summed E-state index contributed by atoms with van der Waals surface area (Å²) in [6.45, 7) is -0.301. The number of H-pyrrole nitrogens is 1. The Morgan fingerprint density at radius 1 is 1.60 bits per heavy atom. The molecule has 1 fully saturated rings. The van der Waals surface area contributed by atoms with E-state index in [4.69, 9.17) is 30.1 Å². The van der Waals surface area contributed by atoms with Crippen LogP contribution in [-0.2, 0) is 14.0 Å². The standard InChI is InChI=1S/C11H17N6O7P/c1-22-11(20)6(18)4(2-23-25(13)21)24-9(11)17-3-14-5-7(17)15-10(12)16-8(5)19/h3-4,6,9,18,20-21H,2,13H2,1H3,(H3,12,15,16,19)/t4-,6-,9-,11+,25?/m1/s1. The van der Waals surface area contributed by atoms with Crippen molar-refractivity contribution in [2.45, 2.75) is 24.2 Å². The molecule has 0 radical (unpaired) electrons. The van der Waals surface area contributed by atoms with E-state index < -0.39 is 38.3 Å². The first-order valence-electron chi connectivity index (χ1n) is 6.98. The van der Waals surface area contributed by atoms with Crippen molar-refractivity contribution in [3.8, 4) is 0 Å². The molecule has 8 N–H and O–H groups in total. The fraction of sp³-hybridized carbons (Fsp3) is 0.545. The van der Waals surface area contributed by atoms with Crippen LogP contribution < -0.4 is 16.8 Å². The minimum atomic E-state index is -2.20. The van der Waals surface area contributed by atoms with Gasteiger partial charge in [-0.2, -0.15) is 4.98 Å². The zero-order valence-corrected chi connectivity index (χ0v) is 13.8. The van der Waals surface area contributed by atoms with E-state index in [1.807, 2.05) is 0 Å². The number of imidazole rings is 1. The van der Waals surface area contributed by atoms with Crippen LogP contribution in [0.2, 0.25) is 0 Å². The summed E-state index contributed by atoms with van der Waals surface area (Å²) in [4.78, 5) is 31.1. The molecule has 0 spiro atoms. The molecule has 0 aliphatic carbocycles. The maximum Gasteiger partial charge on any atom is 0.280 e. The maximum absolute atomic E-state index is 11.9. The second kappa shape index (κ2) is 6.55. The summed E-state index contributed by atoms with van der Waals surface area (Å²) in [5.74, 6) is -2.36. The molecule has 1 aliphatic heterocycles. The zero-order valence-electron chi connectivity index (χ0n) is 12.9. The molecule has 25 heavy (non-hydrogen) atoms. The van der Waals surface area contributed by atoms with E-state index in [0.29, 0.717) is 0 Å². The topological polar surface area (TPSA) is 204 Å². The lowest BCUT2D eigenvalue weighted by molar-refractivity contribution is -0.264. The Bertz CT molecular complexity index is 827. The summed E-state index contributed by atoms with van der Waals surface area (Å²) in [7, 11) is -1.01. The van der Waals surface area contributed by atoms with Gasteiger partial charge in [0.1, 0.15) is 12.2 Å². The van der Waals surface area contributed by atoms with E-state index >= 15 is 0 Å². The molecular weight excluding hydrogens is 359 g/mol. The Labute approximate surface area is 141 Å². The van der Waals surface area contributed by atoms with Gasteiger partial charge in [-0.1, -0.05) is 0 Å². The number of ether oxygens (including phenoxy) is 2. The van der Waals surface area contributed by atoms with E-state index in [1.165, 1.54) is 18.0 Å². The van der Waals surface area contributed by atoms with Gasteiger partial charge in [-0.25, -0.2) is 4.98 Å². The quantitative estimate of drug-likeness (QED) is 0.237. The minimum Gasteiger partial charge on any atom is -0.384 e. The van der Waals surface area contributed by atoms with Crippen LogP contribution in [0, 0.1) is 0 Å². The third-order valence-corrected chi connectivity index (χ3v) is 4.25. The summed E-state index contributed by atoms with van der Waals surface area (Å²) in [5.41, 5.74) is 10.1. The van der Waals surface area contributed by atoms with Gasteiger partial charge in [-0.05, 0) is 0 Å². The number of nitrogens with one attached hydrogen (secondary N) is 1. The molecular formula is C11H17N6O7P. The van der Waals surface area contributed by atoms with Crippen molar-refractivity contribution in [3.63, 3.8) is 0 Å². The molecule has 1 aliphatic rings. The van der Waals surface area contributed by atoms with Crippen molar-refractivity contribution in [2.24, 2.45) is 5.50 Å². The Balaban J connectivity index is 2.02. The van der Waals surface area contributed by atoms with Crippen molar-refractivity contribution < 1.29 is 29.1 Å². The first-order chi connectivity index (χ1) is 11.8. The number of methoxy groups -OCH3 is 1. The predicted molar refractivity (Wildman–Crippen MR) is 83.7 cm³/mol. The Morgan fingerprint density at radius 3 is 2.96 bits per heavy atom. The monoisotopic (exact) mass is 376 g/mol. The molecule has 3 rings (SSSR count). The largest absolute Gasteiger partial charge is 0.384 e. The molecule has 1 unspecified atom stereocenters. The highest BCUT2D eigenvalue weighted by atomic mass is 31.2. The van der Waals surface area contributed by atoms with Crippen molar-refractivity contribution in [1.82, 2.24) is 19.5 Å². The van der Waals surface area contributed by atoms with E-state index in [0.717, 1.165) is 0 Å². The van der Waals surface area contributed by atoms with Gasteiger partial charge in [0.2, 0.25) is 20.3 Å². The van der Waals surface area contributed by atoms with Gasteiger partial charge < -0.3 is 34.8 Å². The number of anilines is 1. The number of hydrogen-bond donors (Lipinski definition) is 6. The van der Waals surface area contributed by atoms with Gasteiger partial charge in [0.25, 0.3) is 5.56 Å². The van der Waals surface area contributed by atoms with Gasteiger partial charge in [0.05, 0.1) is 12.9 Å². The first-order valence-corrected chi connectivity index (χ1v) is 8.26. The molecule has 138 valence electrons. The lowest BCUT2D eigenvalue weighted by Gasteiger charge is -2.29. The molecule has 0 saturated carbocycles. The van der Waals surface area contributed by atoms with Gasteiger partial charge >= 0.3 is 0 Å². The molecule has 1 saturated heterocycles. The van der Waals surface area contributed by atoms with E-state index in [-0.39, 0.29) is 23.7 Å². The van der Waals surface area contributed by atoms with Crippen molar-refractivity contribution >= 4 is 25.6 Å². The lowest BCUT2D eigenvalue weighted by atomic mass is 10.1. The first kappa shape index (κ1) is 18.1. The Kier molecular flexibility index (Phi) is 4.74. The molecule has 0 amide bonds. The molecule has 13 nitrogen and oxygen atoms in total. The SMILES string of the molecule is CO[C@@]1(O)[C@H](O)[C@@H](COP(N)O)O[C@H]1n1cnc2c(=O)[nH]c(N)nc21. The number of hydrogen-bond acceptors (Lipinski definition) is 11. The molecule has 0 aromatic carbocycles. The summed E-state index contributed by atoms with van der Waals surface area (Å²) in [6, 6.07) is 0.